The van der Waals surface area contributed by atoms with Gasteiger partial charge in [0, 0.05) is 26.1 Å². The van der Waals surface area contributed by atoms with Crippen LogP contribution in [0, 0.1) is 5.92 Å². The molecule has 1 aliphatic heterocycles. The van der Waals surface area contributed by atoms with Gasteiger partial charge < -0.3 is 5.11 Å². The van der Waals surface area contributed by atoms with Crippen molar-refractivity contribution in [2.75, 3.05) is 19.7 Å². The molecule has 1 heterocycles. The maximum atomic E-state index is 11.4. The van der Waals surface area contributed by atoms with Crippen molar-refractivity contribution in [2.24, 2.45) is 5.92 Å². The Labute approximate surface area is 95.7 Å². The standard InChI is InChI=1S/C13H17NO2/c15-10-12-9-14(7-6-13(12)16)8-11-4-2-1-3-5-11/h1-5,12,15H,6-10H2. The molecule has 0 spiro atoms. The van der Waals surface area contributed by atoms with Gasteiger partial charge in [-0.25, -0.2) is 0 Å². The minimum Gasteiger partial charge on any atom is -0.396 e. The molecule has 2 rings (SSSR count). The van der Waals surface area contributed by atoms with Crippen LogP contribution in [0.25, 0.3) is 0 Å². The molecule has 1 atom stereocenters. The summed E-state index contributed by atoms with van der Waals surface area (Å²) in [6.45, 7) is 2.34. The number of Topliss-reactive ketones (excluding diaryl/α,β-unsaturated/α-hetero) is 1. The highest BCUT2D eigenvalue weighted by molar-refractivity contribution is 5.82. The second kappa shape index (κ2) is 5.23. The number of carbonyl (C=O) groups excluding carboxylic acids is 1. The van der Waals surface area contributed by atoms with Gasteiger partial charge >= 0.3 is 0 Å². The zero-order chi connectivity index (χ0) is 11.4. The predicted octanol–water partition coefficient (Wildman–Crippen LogP) is 1.07. The van der Waals surface area contributed by atoms with Gasteiger partial charge in [0.15, 0.2) is 0 Å². The maximum absolute atomic E-state index is 11.4. The van der Waals surface area contributed by atoms with Crippen molar-refractivity contribution < 1.29 is 9.90 Å². The van der Waals surface area contributed by atoms with Crippen molar-refractivity contribution in [3.05, 3.63) is 35.9 Å². The van der Waals surface area contributed by atoms with Gasteiger partial charge in [0.25, 0.3) is 0 Å². The number of carbonyl (C=O) groups is 1. The highest BCUT2D eigenvalue weighted by atomic mass is 16.3. The lowest BCUT2D eigenvalue weighted by atomic mass is 9.97. The topological polar surface area (TPSA) is 40.5 Å². The zero-order valence-corrected chi connectivity index (χ0v) is 9.30. The van der Waals surface area contributed by atoms with Gasteiger partial charge in [-0.2, -0.15) is 0 Å². The third-order valence-electron chi connectivity index (χ3n) is 3.08. The molecular weight excluding hydrogens is 202 g/mol. The van der Waals surface area contributed by atoms with Crippen LogP contribution in [0.1, 0.15) is 12.0 Å². The second-order valence-electron chi connectivity index (χ2n) is 4.32. The molecule has 0 aliphatic carbocycles. The normalized spacial score (nSPS) is 22.3. The number of benzene rings is 1. The van der Waals surface area contributed by atoms with Crippen molar-refractivity contribution in [3.63, 3.8) is 0 Å². The minimum absolute atomic E-state index is 0.0237. The quantitative estimate of drug-likeness (QED) is 0.826. The van der Waals surface area contributed by atoms with E-state index in [1.165, 1.54) is 5.56 Å². The lowest BCUT2D eigenvalue weighted by Crippen LogP contribution is -2.41. The van der Waals surface area contributed by atoms with E-state index in [1.807, 2.05) is 18.2 Å². The summed E-state index contributed by atoms with van der Waals surface area (Å²) in [5.41, 5.74) is 1.26. The van der Waals surface area contributed by atoms with Crippen LogP contribution < -0.4 is 0 Å². The molecule has 0 bridgehead atoms. The fourth-order valence-electron chi connectivity index (χ4n) is 2.12. The fraction of sp³-hybridized carbons (Fsp3) is 0.462. The summed E-state index contributed by atoms with van der Waals surface area (Å²) in [4.78, 5) is 13.7. The molecule has 1 unspecified atom stereocenters. The third-order valence-corrected chi connectivity index (χ3v) is 3.08. The van der Waals surface area contributed by atoms with E-state index < -0.39 is 0 Å². The Balaban J connectivity index is 1.94. The summed E-state index contributed by atoms with van der Waals surface area (Å²) in [5.74, 6) is 0.0178. The molecule has 1 N–H and O–H groups in total. The first-order chi connectivity index (χ1) is 7.79. The van der Waals surface area contributed by atoms with Crippen LogP contribution in [0.2, 0.25) is 0 Å². The molecule has 16 heavy (non-hydrogen) atoms. The van der Waals surface area contributed by atoms with Crippen LogP contribution >= 0.6 is 0 Å². The number of ketones is 1. The van der Waals surface area contributed by atoms with Gasteiger partial charge in [0.1, 0.15) is 5.78 Å². The van der Waals surface area contributed by atoms with Crippen LogP contribution in [0.15, 0.2) is 30.3 Å². The zero-order valence-electron chi connectivity index (χ0n) is 9.30. The van der Waals surface area contributed by atoms with Crippen molar-refractivity contribution in [1.82, 2.24) is 4.90 Å². The van der Waals surface area contributed by atoms with E-state index in [4.69, 9.17) is 5.11 Å². The molecule has 0 aromatic heterocycles. The number of aliphatic hydroxyl groups excluding tert-OH is 1. The molecule has 1 fully saturated rings. The van der Waals surface area contributed by atoms with Crippen LogP contribution in [-0.4, -0.2) is 35.5 Å². The third kappa shape index (κ3) is 2.68. The molecule has 0 saturated carbocycles. The number of rotatable bonds is 3. The van der Waals surface area contributed by atoms with E-state index in [1.54, 1.807) is 0 Å². The first-order valence-corrected chi connectivity index (χ1v) is 5.69. The highest BCUT2D eigenvalue weighted by Gasteiger charge is 2.26. The molecule has 3 nitrogen and oxygen atoms in total. The monoisotopic (exact) mass is 219 g/mol. The first kappa shape index (κ1) is 11.3. The lowest BCUT2D eigenvalue weighted by molar-refractivity contribution is -0.127. The molecule has 3 heteroatoms. The Hall–Kier alpha value is -1.19. The van der Waals surface area contributed by atoms with Gasteiger partial charge in [-0.1, -0.05) is 30.3 Å². The molecule has 0 radical (unpaired) electrons. The number of nitrogens with zero attached hydrogens (tertiary/aromatic N) is 1. The Morgan fingerprint density at radius 3 is 2.75 bits per heavy atom. The van der Waals surface area contributed by atoms with E-state index in [9.17, 15) is 4.79 Å². The predicted molar refractivity (Wildman–Crippen MR) is 61.9 cm³/mol. The molecule has 1 saturated heterocycles. The fourth-order valence-corrected chi connectivity index (χ4v) is 2.12. The Morgan fingerprint density at radius 1 is 1.31 bits per heavy atom. The van der Waals surface area contributed by atoms with Crippen molar-refractivity contribution in [1.29, 1.82) is 0 Å². The van der Waals surface area contributed by atoms with Crippen molar-refractivity contribution >= 4 is 5.78 Å². The summed E-state index contributed by atoms with van der Waals surface area (Å²) in [6, 6.07) is 10.2. The largest absolute Gasteiger partial charge is 0.396 e. The smallest absolute Gasteiger partial charge is 0.140 e. The number of hydrogen-bond acceptors (Lipinski definition) is 3. The van der Waals surface area contributed by atoms with Crippen molar-refractivity contribution in [2.45, 2.75) is 13.0 Å². The average Bonchev–Trinajstić information content (AvgIpc) is 2.33. The highest BCUT2D eigenvalue weighted by Crippen LogP contribution is 2.15. The summed E-state index contributed by atoms with van der Waals surface area (Å²) in [7, 11) is 0. The average molecular weight is 219 g/mol. The van der Waals surface area contributed by atoms with Crippen LogP contribution in [0.4, 0.5) is 0 Å². The minimum atomic E-state index is -0.183. The van der Waals surface area contributed by atoms with E-state index in [0.29, 0.717) is 13.0 Å². The number of hydrogen-bond donors (Lipinski definition) is 1. The van der Waals surface area contributed by atoms with E-state index >= 15 is 0 Å². The van der Waals surface area contributed by atoms with Gasteiger partial charge in [0.05, 0.1) is 12.5 Å². The van der Waals surface area contributed by atoms with Gasteiger partial charge in [-0.15, -0.1) is 0 Å². The Morgan fingerprint density at radius 2 is 2.06 bits per heavy atom. The molecular formula is C13H17NO2. The molecule has 1 aromatic carbocycles. The molecule has 0 amide bonds. The number of piperidine rings is 1. The number of likely N-dealkylation sites (tertiary alicyclic amines) is 1. The van der Waals surface area contributed by atoms with Crippen LogP contribution in [-0.2, 0) is 11.3 Å². The van der Waals surface area contributed by atoms with E-state index in [2.05, 4.69) is 17.0 Å². The van der Waals surface area contributed by atoms with Gasteiger partial charge in [0.2, 0.25) is 0 Å². The molecule has 1 aliphatic rings. The van der Waals surface area contributed by atoms with Gasteiger partial charge in [-0.05, 0) is 5.56 Å². The summed E-state index contributed by atoms with van der Waals surface area (Å²) in [6.07, 6.45) is 0.568. The maximum Gasteiger partial charge on any atom is 0.140 e. The SMILES string of the molecule is O=C1CCN(Cc2ccccc2)CC1CO. The van der Waals surface area contributed by atoms with Crippen LogP contribution in [0.3, 0.4) is 0 Å². The summed E-state index contributed by atoms with van der Waals surface area (Å²) >= 11 is 0. The second-order valence-corrected chi connectivity index (χ2v) is 4.32. The Bertz CT molecular complexity index is 350. The Kier molecular flexibility index (Phi) is 3.70. The summed E-state index contributed by atoms with van der Waals surface area (Å²) < 4.78 is 0. The molecule has 1 aromatic rings. The summed E-state index contributed by atoms with van der Waals surface area (Å²) in [5, 5.41) is 9.10. The van der Waals surface area contributed by atoms with E-state index in [-0.39, 0.29) is 18.3 Å². The van der Waals surface area contributed by atoms with Crippen LogP contribution in [0.5, 0.6) is 0 Å². The first-order valence-electron chi connectivity index (χ1n) is 5.69. The lowest BCUT2D eigenvalue weighted by Gasteiger charge is -2.30. The number of aliphatic hydroxyl groups is 1. The molecule has 86 valence electrons. The van der Waals surface area contributed by atoms with Gasteiger partial charge in [-0.3, -0.25) is 9.69 Å². The van der Waals surface area contributed by atoms with Crippen molar-refractivity contribution in [3.8, 4) is 0 Å². The van der Waals surface area contributed by atoms with E-state index in [0.717, 1.165) is 13.1 Å².